The van der Waals surface area contributed by atoms with E-state index in [-0.39, 0.29) is 56.1 Å². The molecular formula is C71H91F13O6. The van der Waals surface area contributed by atoms with Gasteiger partial charge in [-0.3, -0.25) is 0 Å². The van der Waals surface area contributed by atoms with Gasteiger partial charge in [0.25, 0.3) is 0 Å². The summed E-state index contributed by atoms with van der Waals surface area (Å²) in [5.74, 6) is 1.49. The fraction of sp³-hybridized carbons (Fsp3) is 0.408. The van der Waals surface area contributed by atoms with Crippen LogP contribution >= 0.6 is 0 Å². The molecule has 0 saturated carbocycles. The lowest BCUT2D eigenvalue weighted by Crippen LogP contribution is -2.17. The molecule has 0 aromatic heterocycles. The van der Waals surface area contributed by atoms with Crippen LogP contribution in [-0.2, 0) is 12.8 Å². The van der Waals surface area contributed by atoms with Crippen molar-refractivity contribution in [2.75, 3.05) is 21.3 Å². The molecule has 0 bridgehead atoms. The first-order valence-electron chi connectivity index (χ1n) is 29.0. The van der Waals surface area contributed by atoms with E-state index in [1.54, 1.807) is 61.5 Å². The van der Waals surface area contributed by atoms with E-state index in [1.165, 1.54) is 82.0 Å². The maximum atomic E-state index is 13.1. The number of benzene rings is 7. The lowest BCUT2D eigenvalue weighted by molar-refractivity contribution is -0.275. The molecular weight excluding hydrogens is 1200 g/mol. The van der Waals surface area contributed by atoms with E-state index in [0.717, 1.165) is 45.0 Å². The van der Waals surface area contributed by atoms with Crippen LogP contribution in [0.1, 0.15) is 197 Å². The van der Waals surface area contributed by atoms with E-state index in [9.17, 15) is 57.1 Å². The lowest BCUT2D eigenvalue weighted by atomic mass is 10.0. The normalized spacial score (nSPS) is 11.2. The van der Waals surface area contributed by atoms with Crippen LogP contribution in [0.5, 0.6) is 28.7 Å². The molecule has 0 atom stereocenters. The molecule has 7 aromatic rings. The Labute approximate surface area is 526 Å². The number of hydrogen-bond acceptors (Lipinski definition) is 6. The first-order valence-corrected chi connectivity index (χ1v) is 29.0. The summed E-state index contributed by atoms with van der Waals surface area (Å²) in [5.41, 5.74) is 7.12. The second kappa shape index (κ2) is 38.3. The summed E-state index contributed by atoms with van der Waals surface area (Å²) in [4.78, 5) is 0. The summed E-state index contributed by atoms with van der Waals surface area (Å²) in [6.45, 7) is 29.3. The van der Waals surface area contributed by atoms with Crippen LogP contribution in [0.4, 0.5) is 57.1 Å². The van der Waals surface area contributed by atoms with Crippen LogP contribution in [0.3, 0.4) is 0 Å². The standard InChI is InChI=1S/C11H13F3O.C10H11F3O.C10H11F3.4C10H13FO.2H2/c1-7(2)9-4-5-10(8(3)6-9)15-11(12,13)14;1-7(2)8-4-3-5-9(6-8)14-10(11,12)13;1-7(2)8-4-3-5-9(6-8)10(11,12)13;1-7(2)9-3-8(6-12)4-10(11)5-9;2*1-7(2)8-4-5-10(12-3)9(11)6-8;1-7(2)8-4-5-9(11)10(6-8)12-3;;/h4-7H,1-3H3;3-7H,1-2H3;3-7H,1-2H3;3-5,7,12H,6H2,1-2H3;3*4-7H,1-3H3;2*1H. The van der Waals surface area contributed by atoms with Gasteiger partial charge in [-0.2, -0.15) is 13.2 Å². The predicted octanol–water partition coefficient (Wildman–Crippen LogP) is 23.4. The number of hydrogen-bond donors (Lipinski definition) is 1. The number of aliphatic hydroxyl groups is 1. The van der Waals surface area contributed by atoms with Crippen molar-refractivity contribution in [3.05, 3.63) is 218 Å². The summed E-state index contributed by atoms with van der Waals surface area (Å²) in [6.07, 6.45) is -13.5. The molecule has 0 spiro atoms. The largest absolute Gasteiger partial charge is 0.573 e. The molecule has 0 aliphatic carbocycles. The number of halogens is 13. The number of aryl methyl sites for hydroxylation is 1. The number of rotatable bonds is 13. The van der Waals surface area contributed by atoms with Gasteiger partial charge in [0.05, 0.1) is 33.5 Å². The van der Waals surface area contributed by atoms with Gasteiger partial charge < -0.3 is 28.8 Å². The highest BCUT2D eigenvalue weighted by atomic mass is 19.4. The fourth-order valence-corrected chi connectivity index (χ4v) is 7.63. The molecule has 0 unspecified atom stereocenters. The molecule has 6 nitrogen and oxygen atoms in total. The summed E-state index contributed by atoms with van der Waals surface area (Å²) >= 11 is 0. The van der Waals surface area contributed by atoms with Gasteiger partial charge in [0, 0.05) is 2.85 Å². The highest BCUT2D eigenvalue weighted by Gasteiger charge is 2.33. The van der Waals surface area contributed by atoms with E-state index in [1.807, 2.05) is 101 Å². The van der Waals surface area contributed by atoms with Gasteiger partial charge in [0.2, 0.25) is 0 Å². The SMILES string of the molecule is CC(C)c1cc(F)cc(CO)c1.CC(C)c1cccc(C(F)(F)F)c1.CC(C)c1cccc(OC(F)(F)F)c1.COc1cc(C(C)C)ccc1F.COc1ccc(C(C)C)cc1F.COc1ccc(C(C)C)cc1F.Cc1cc(C(C)C)ccc1OC(F)(F)F.[HH].[HH]. The summed E-state index contributed by atoms with van der Waals surface area (Å²) < 4.78 is 182. The number of ether oxygens (including phenoxy) is 5. The van der Waals surface area contributed by atoms with Crippen LogP contribution in [-0.4, -0.2) is 39.2 Å². The second-order valence-corrected chi connectivity index (χ2v) is 22.6. The van der Waals surface area contributed by atoms with Crippen LogP contribution in [0.15, 0.2) is 140 Å². The Morgan fingerprint density at radius 3 is 1.12 bits per heavy atom. The zero-order valence-corrected chi connectivity index (χ0v) is 54.4. The molecule has 90 heavy (non-hydrogen) atoms. The van der Waals surface area contributed by atoms with Gasteiger partial charge in [0.1, 0.15) is 17.3 Å². The van der Waals surface area contributed by atoms with Gasteiger partial charge >= 0.3 is 18.9 Å². The summed E-state index contributed by atoms with van der Waals surface area (Å²) in [6, 6.07) is 35.9. The zero-order chi connectivity index (χ0) is 69.0. The van der Waals surface area contributed by atoms with Crippen molar-refractivity contribution in [3.63, 3.8) is 0 Å². The molecule has 7 rings (SSSR count). The average Bonchev–Trinajstić information content (AvgIpc) is 1.25. The molecule has 0 amide bonds. The van der Waals surface area contributed by atoms with Crippen molar-refractivity contribution in [2.24, 2.45) is 0 Å². The van der Waals surface area contributed by atoms with Crippen molar-refractivity contribution in [2.45, 2.75) is 171 Å². The molecule has 0 radical (unpaired) electrons. The summed E-state index contributed by atoms with van der Waals surface area (Å²) in [5, 5.41) is 8.80. The molecule has 7 aromatic carbocycles. The van der Waals surface area contributed by atoms with Crippen LogP contribution < -0.4 is 23.7 Å². The fourth-order valence-electron chi connectivity index (χ4n) is 7.63. The Kier molecular flexibility index (Phi) is 34.3. The van der Waals surface area contributed by atoms with E-state index in [2.05, 4.69) is 23.3 Å². The van der Waals surface area contributed by atoms with Crippen molar-refractivity contribution in [1.29, 1.82) is 0 Å². The maximum Gasteiger partial charge on any atom is 0.573 e. The third-order valence-corrected chi connectivity index (χ3v) is 13.1. The minimum atomic E-state index is -4.62. The molecule has 502 valence electrons. The molecule has 0 aliphatic rings. The number of methoxy groups -OCH3 is 3. The average molecular weight is 1290 g/mol. The monoisotopic (exact) mass is 1290 g/mol. The molecule has 0 heterocycles. The maximum absolute atomic E-state index is 13.1. The lowest BCUT2D eigenvalue weighted by Gasteiger charge is -2.13. The summed E-state index contributed by atoms with van der Waals surface area (Å²) in [7, 11) is 4.41. The van der Waals surface area contributed by atoms with Crippen LogP contribution in [0.25, 0.3) is 0 Å². The molecule has 19 heteroatoms. The Bertz CT molecular complexity index is 3160. The van der Waals surface area contributed by atoms with E-state index < -0.39 is 24.5 Å². The van der Waals surface area contributed by atoms with E-state index in [0.29, 0.717) is 58.0 Å². The van der Waals surface area contributed by atoms with Gasteiger partial charge in [-0.15, -0.1) is 26.3 Å². The Morgan fingerprint density at radius 1 is 0.367 bits per heavy atom. The molecule has 0 fully saturated rings. The highest BCUT2D eigenvalue weighted by Crippen LogP contribution is 2.33. The zero-order valence-electron chi connectivity index (χ0n) is 54.4. The minimum Gasteiger partial charge on any atom is -0.494 e. The minimum absolute atomic E-state index is 0. The quantitative estimate of drug-likeness (QED) is 0.116. The van der Waals surface area contributed by atoms with Gasteiger partial charge in [-0.25, -0.2) is 17.6 Å². The second-order valence-electron chi connectivity index (χ2n) is 22.6. The van der Waals surface area contributed by atoms with Gasteiger partial charge in [0.15, 0.2) is 34.7 Å². The Balaban J connectivity index is 0. The predicted molar refractivity (Wildman–Crippen MR) is 336 cm³/mol. The highest BCUT2D eigenvalue weighted by molar-refractivity contribution is 5.38. The van der Waals surface area contributed by atoms with Crippen molar-refractivity contribution < 1.29 is 88.7 Å². The van der Waals surface area contributed by atoms with Gasteiger partial charge in [-0.05, 0) is 171 Å². The Morgan fingerprint density at radius 2 is 0.744 bits per heavy atom. The van der Waals surface area contributed by atoms with Crippen LogP contribution in [0.2, 0.25) is 0 Å². The molecule has 0 aliphatic heterocycles. The van der Waals surface area contributed by atoms with E-state index in [4.69, 9.17) is 19.3 Å². The molecule has 0 saturated heterocycles. The first kappa shape index (κ1) is 80.6. The van der Waals surface area contributed by atoms with Crippen molar-refractivity contribution in [1.82, 2.24) is 0 Å². The third kappa shape index (κ3) is 30.9. The number of alkyl halides is 9. The third-order valence-electron chi connectivity index (χ3n) is 13.1. The van der Waals surface area contributed by atoms with Crippen molar-refractivity contribution >= 4 is 0 Å². The van der Waals surface area contributed by atoms with Crippen molar-refractivity contribution in [3.8, 4) is 28.7 Å². The van der Waals surface area contributed by atoms with E-state index >= 15 is 0 Å². The topological polar surface area (TPSA) is 66.4 Å². The van der Waals surface area contributed by atoms with Gasteiger partial charge in [-0.1, -0.05) is 164 Å². The van der Waals surface area contributed by atoms with Crippen LogP contribution in [0, 0.1) is 30.2 Å². The Hall–Kier alpha value is -7.41. The molecule has 1 N–H and O–H groups in total. The smallest absolute Gasteiger partial charge is 0.494 e. The first-order chi connectivity index (χ1) is 41.7. The number of aliphatic hydroxyl groups excluding tert-OH is 1.